The lowest BCUT2D eigenvalue weighted by Gasteiger charge is -2.35. The van der Waals surface area contributed by atoms with Crippen LogP contribution in [-0.2, 0) is 14.8 Å². The number of amides is 1. The predicted molar refractivity (Wildman–Crippen MR) is 88.6 cm³/mol. The molecule has 5 nitrogen and oxygen atoms in total. The zero-order valence-electron chi connectivity index (χ0n) is 13.6. The molecule has 1 aliphatic rings. The van der Waals surface area contributed by atoms with Crippen LogP contribution in [0, 0.1) is 19.8 Å². The average molecular weight is 345 g/mol. The van der Waals surface area contributed by atoms with E-state index < -0.39 is 10.0 Å². The van der Waals surface area contributed by atoms with Gasteiger partial charge in [0.05, 0.1) is 4.90 Å². The summed E-state index contributed by atoms with van der Waals surface area (Å²) >= 11 is 1.50. The third-order valence-electron chi connectivity index (χ3n) is 4.20. The van der Waals surface area contributed by atoms with E-state index in [4.69, 9.17) is 0 Å². The van der Waals surface area contributed by atoms with Gasteiger partial charge in [0.25, 0.3) is 0 Å². The second-order valence-corrected chi connectivity index (χ2v) is 9.18. The van der Waals surface area contributed by atoms with Crippen LogP contribution in [0.25, 0.3) is 0 Å². The van der Waals surface area contributed by atoms with Crippen molar-refractivity contribution in [2.45, 2.75) is 39.0 Å². The quantitative estimate of drug-likeness (QED) is 0.842. The van der Waals surface area contributed by atoms with Crippen molar-refractivity contribution in [3.05, 3.63) is 15.8 Å². The molecule has 0 aliphatic carbocycles. The van der Waals surface area contributed by atoms with Crippen LogP contribution in [-0.4, -0.2) is 49.7 Å². The molecule has 0 N–H and O–H groups in total. The first-order chi connectivity index (χ1) is 10.3. The van der Waals surface area contributed by atoms with Gasteiger partial charge >= 0.3 is 0 Å². The van der Waals surface area contributed by atoms with Crippen molar-refractivity contribution in [1.82, 2.24) is 9.21 Å². The molecule has 1 amide bonds. The maximum atomic E-state index is 12.7. The van der Waals surface area contributed by atoms with Gasteiger partial charge in [0.15, 0.2) is 0 Å². The first-order valence-electron chi connectivity index (χ1n) is 7.63. The Balaban J connectivity index is 2.08. The Morgan fingerprint density at radius 3 is 2.32 bits per heavy atom. The number of aryl methyl sites for hydroxylation is 2. The van der Waals surface area contributed by atoms with Crippen LogP contribution in [0.3, 0.4) is 0 Å². The van der Waals surface area contributed by atoms with Crippen molar-refractivity contribution in [1.29, 1.82) is 0 Å². The largest absolute Gasteiger partial charge is 0.340 e. The molecule has 0 radical (unpaired) electrons. The van der Waals surface area contributed by atoms with Crippen molar-refractivity contribution in [2.24, 2.45) is 5.92 Å². The summed E-state index contributed by atoms with van der Waals surface area (Å²) in [5.41, 5.74) is 0. The van der Waals surface area contributed by atoms with Crippen LogP contribution in [0.2, 0.25) is 0 Å². The lowest BCUT2D eigenvalue weighted by atomic mass is 10.1. The average Bonchev–Trinajstić information content (AvgIpc) is 2.85. The minimum absolute atomic E-state index is 0.00456. The zero-order valence-corrected chi connectivity index (χ0v) is 15.3. The molecule has 0 saturated carbocycles. The van der Waals surface area contributed by atoms with Gasteiger partial charge in [0.1, 0.15) is 0 Å². The van der Waals surface area contributed by atoms with Crippen LogP contribution < -0.4 is 0 Å². The zero-order chi connectivity index (χ0) is 16.5. The van der Waals surface area contributed by atoms with Crippen LogP contribution in [0.1, 0.15) is 30.0 Å². The van der Waals surface area contributed by atoms with Gasteiger partial charge in [-0.15, -0.1) is 11.3 Å². The molecule has 1 aromatic rings. The van der Waals surface area contributed by atoms with E-state index in [1.807, 2.05) is 27.7 Å². The van der Waals surface area contributed by atoms with E-state index in [9.17, 15) is 13.2 Å². The van der Waals surface area contributed by atoms with Gasteiger partial charge in [0.2, 0.25) is 15.9 Å². The van der Waals surface area contributed by atoms with Crippen molar-refractivity contribution in [3.63, 3.8) is 0 Å². The predicted octanol–water partition coefficient (Wildman–Crippen LogP) is 2.24. The highest BCUT2D eigenvalue weighted by Gasteiger charge is 2.32. The highest BCUT2D eigenvalue weighted by molar-refractivity contribution is 7.89. The smallest absolute Gasteiger partial charge is 0.244 e. The van der Waals surface area contributed by atoms with Crippen LogP contribution in [0.4, 0.5) is 0 Å². The Hall–Kier alpha value is -0.920. The number of sulfonamides is 1. The Morgan fingerprint density at radius 1 is 1.27 bits per heavy atom. The number of rotatable bonds is 4. The van der Waals surface area contributed by atoms with Crippen molar-refractivity contribution >= 4 is 27.3 Å². The normalized spacial score (nSPS) is 18.5. The summed E-state index contributed by atoms with van der Waals surface area (Å²) in [7, 11) is -3.44. The van der Waals surface area contributed by atoms with Gasteiger partial charge in [-0.25, -0.2) is 8.42 Å². The topological polar surface area (TPSA) is 57.7 Å². The van der Waals surface area contributed by atoms with E-state index in [-0.39, 0.29) is 11.8 Å². The van der Waals surface area contributed by atoms with E-state index in [0.29, 0.717) is 31.1 Å². The molecule has 0 unspecified atom stereocenters. The maximum Gasteiger partial charge on any atom is 0.244 e. The summed E-state index contributed by atoms with van der Waals surface area (Å²) in [6.07, 6.45) is 0.810. The second-order valence-electron chi connectivity index (χ2n) is 5.82. The molecule has 1 aliphatic heterocycles. The monoisotopic (exact) mass is 344 g/mol. The molecule has 0 spiro atoms. The fourth-order valence-corrected chi connectivity index (χ4v) is 5.58. The molecule has 1 saturated heterocycles. The number of nitrogens with zero attached hydrogens (tertiary/aromatic N) is 2. The Kier molecular flexibility index (Phi) is 5.29. The van der Waals surface area contributed by atoms with Gasteiger partial charge in [-0.05, 0) is 26.3 Å². The van der Waals surface area contributed by atoms with Crippen molar-refractivity contribution in [3.8, 4) is 0 Å². The fraction of sp³-hybridized carbons (Fsp3) is 0.667. The summed E-state index contributed by atoms with van der Waals surface area (Å²) < 4.78 is 26.9. The number of carbonyl (C=O) groups excluding carboxylic acids is 1. The van der Waals surface area contributed by atoms with Crippen LogP contribution in [0.5, 0.6) is 0 Å². The summed E-state index contributed by atoms with van der Waals surface area (Å²) in [5.74, 6) is 0.132. The highest BCUT2D eigenvalue weighted by Crippen LogP contribution is 2.28. The number of piperazine rings is 1. The standard InChI is InChI=1S/C15H24N2O3S2/c1-5-11(2)15(18)16-6-8-17(9-7-16)22(19,20)14-10-12(3)21-13(14)4/h10-11H,5-9H2,1-4H3/t11-/m0/s1. The SMILES string of the molecule is CC[C@H](C)C(=O)N1CCN(S(=O)(=O)c2cc(C)sc2C)CC1. The van der Waals surface area contributed by atoms with E-state index in [1.165, 1.54) is 15.6 Å². The van der Waals surface area contributed by atoms with E-state index in [2.05, 4.69) is 0 Å². The molecule has 1 atom stereocenters. The summed E-state index contributed by atoms with van der Waals surface area (Å²) in [4.78, 5) is 16.2. The first kappa shape index (κ1) is 17.4. The molecule has 1 fully saturated rings. The van der Waals surface area contributed by atoms with Crippen LogP contribution in [0.15, 0.2) is 11.0 Å². The third-order valence-corrected chi connectivity index (χ3v) is 7.32. The number of hydrogen-bond donors (Lipinski definition) is 0. The molecular formula is C15H24N2O3S2. The van der Waals surface area contributed by atoms with Gasteiger partial charge in [-0.1, -0.05) is 13.8 Å². The Labute approximate surface area is 137 Å². The molecule has 7 heteroatoms. The molecule has 2 rings (SSSR count). The molecule has 1 aromatic heterocycles. The molecular weight excluding hydrogens is 320 g/mol. The summed E-state index contributed by atoms with van der Waals surface area (Å²) in [5, 5.41) is 0. The Morgan fingerprint density at radius 2 is 1.86 bits per heavy atom. The lowest BCUT2D eigenvalue weighted by molar-refractivity contribution is -0.136. The minimum Gasteiger partial charge on any atom is -0.340 e. The van der Waals surface area contributed by atoms with Gasteiger partial charge < -0.3 is 4.90 Å². The first-order valence-corrected chi connectivity index (χ1v) is 9.89. The summed E-state index contributed by atoms with van der Waals surface area (Å²) in [6.45, 7) is 9.37. The number of thiophene rings is 1. The number of carbonyl (C=O) groups is 1. The lowest BCUT2D eigenvalue weighted by Crippen LogP contribution is -2.51. The molecule has 2 heterocycles. The fourth-order valence-electron chi connectivity index (χ4n) is 2.64. The van der Waals surface area contributed by atoms with Crippen molar-refractivity contribution < 1.29 is 13.2 Å². The van der Waals surface area contributed by atoms with Gasteiger partial charge in [-0.3, -0.25) is 4.79 Å². The van der Waals surface area contributed by atoms with Crippen LogP contribution >= 0.6 is 11.3 Å². The van der Waals surface area contributed by atoms with Gasteiger partial charge in [-0.2, -0.15) is 4.31 Å². The molecule has 22 heavy (non-hydrogen) atoms. The van der Waals surface area contributed by atoms with Crippen molar-refractivity contribution in [2.75, 3.05) is 26.2 Å². The van der Waals surface area contributed by atoms with Gasteiger partial charge in [0, 0.05) is 41.9 Å². The maximum absolute atomic E-state index is 12.7. The van der Waals surface area contributed by atoms with E-state index in [1.54, 1.807) is 11.0 Å². The number of hydrogen-bond acceptors (Lipinski definition) is 4. The third kappa shape index (κ3) is 3.36. The van der Waals surface area contributed by atoms with E-state index in [0.717, 1.165) is 16.2 Å². The summed E-state index contributed by atoms with van der Waals surface area (Å²) in [6, 6.07) is 1.74. The molecule has 124 valence electrons. The molecule has 0 aromatic carbocycles. The minimum atomic E-state index is -3.44. The van der Waals surface area contributed by atoms with E-state index >= 15 is 0 Å². The Bertz CT molecular complexity index is 644. The second kappa shape index (κ2) is 6.68. The molecule has 0 bridgehead atoms. The highest BCUT2D eigenvalue weighted by atomic mass is 32.2.